The molecule has 0 bridgehead atoms. The number of halogens is 3. The molecule has 2 aromatic heterocycles. The van der Waals surface area contributed by atoms with Crippen molar-refractivity contribution in [2.45, 2.75) is 69.4 Å². The molecule has 1 aliphatic rings. The Balaban J connectivity index is 1.77. The number of aryl methyl sites for hydroxylation is 1. The molecule has 3 atom stereocenters. The fraction of sp³-hybridized carbons (Fsp3) is 0.667. The van der Waals surface area contributed by atoms with Crippen LogP contribution in [-0.2, 0) is 8.53 Å². The van der Waals surface area contributed by atoms with Crippen LogP contribution in [0, 0.1) is 6.92 Å². The summed E-state index contributed by atoms with van der Waals surface area (Å²) in [5.74, 6) is 2.73. The van der Waals surface area contributed by atoms with Gasteiger partial charge in [0.15, 0.2) is 11.6 Å². The van der Waals surface area contributed by atoms with Crippen LogP contribution in [0.5, 0.6) is 0 Å². The van der Waals surface area contributed by atoms with E-state index < -0.39 is 3.79 Å². The summed E-state index contributed by atoms with van der Waals surface area (Å²) >= 11 is 18.0. The zero-order valence-electron chi connectivity index (χ0n) is 19.1. The van der Waals surface area contributed by atoms with Crippen LogP contribution in [0.4, 0.5) is 11.8 Å². The first-order valence-electron chi connectivity index (χ1n) is 10.9. The van der Waals surface area contributed by atoms with Gasteiger partial charge in [-0.15, -0.1) is 0 Å². The van der Waals surface area contributed by atoms with E-state index in [0.29, 0.717) is 37.3 Å². The fourth-order valence-corrected chi connectivity index (χ4v) is 4.11. The molecule has 0 N–H and O–H groups in total. The lowest BCUT2D eigenvalue weighted by Crippen LogP contribution is -2.57. The second kappa shape index (κ2) is 10.6. The van der Waals surface area contributed by atoms with Crippen molar-refractivity contribution in [3.63, 3.8) is 0 Å². The predicted octanol–water partition coefficient (Wildman–Crippen LogP) is 4.78. The van der Waals surface area contributed by atoms with E-state index in [1.807, 2.05) is 13.0 Å². The van der Waals surface area contributed by atoms with Gasteiger partial charge in [0, 0.05) is 38.0 Å². The van der Waals surface area contributed by atoms with Crippen LogP contribution in [0.2, 0.25) is 0 Å². The Bertz CT molecular complexity index is 899. The molecule has 0 unspecified atom stereocenters. The number of unbranched alkanes of at least 4 members (excludes halogenated alkanes) is 1. The molecule has 11 heteroatoms. The third kappa shape index (κ3) is 6.10. The SMILES string of the molecule is CCCCO[C@H](C)c1nccc(N2[C@H](C)CN(c3nc(C)nc(C(Cl)(Cl)Cl)n3)C[C@@H]2C)n1. The van der Waals surface area contributed by atoms with Crippen molar-refractivity contribution in [1.29, 1.82) is 0 Å². The topological polar surface area (TPSA) is 80.2 Å². The lowest BCUT2D eigenvalue weighted by atomic mass is 10.1. The first-order chi connectivity index (χ1) is 15.1. The second-order valence-electron chi connectivity index (χ2n) is 8.15. The number of piperazine rings is 1. The van der Waals surface area contributed by atoms with Gasteiger partial charge in [0.05, 0.1) is 0 Å². The van der Waals surface area contributed by atoms with Crippen LogP contribution in [0.1, 0.15) is 64.1 Å². The van der Waals surface area contributed by atoms with Gasteiger partial charge in [0.2, 0.25) is 9.74 Å². The number of hydrogen-bond donors (Lipinski definition) is 0. The van der Waals surface area contributed by atoms with E-state index in [2.05, 4.69) is 50.5 Å². The smallest absolute Gasteiger partial charge is 0.250 e. The molecular formula is C21H30Cl3N7O. The molecule has 0 saturated carbocycles. The molecule has 8 nitrogen and oxygen atoms in total. The first kappa shape index (κ1) is 25.1. The van der Waals surface area contributed by atoms with Crippen LogP contribution in [-0.4, -0.2) is 56.7 Å². The summed E-state index contributed by atoms with van der Waals surface area (Å²) in [5, 5.41) is 0. The van der Waals surface area contributed by atoms with Gasteiger partial charge in [-0.1, -0.05) is 48.1 Å². The largest absolute Gasteiger partial charge is 0.371 e. The van der Waals surface area contributed by atoms with E-state index in [4.69, 9.17) is 44.5 Å². The fourth-order valence-electron chi connectivity index (χ4n) is 3.86. The zero-order valence-corrected chi connectivity index (χ0v) is 21.4. The maximum Gasteiger partial charge on any atom is 0.250 e. The van der Waals surface area contributed by atoms with Gasteiger partial charge in [-0.2, -0.15) is 9.97 Å². The third-order valence-electron chi connectivity index (χ3n) is 5.34. The zero-order chi connectivity index (χ0) is 23.5. The number of anilines is 2. The Hall–Kier alpha value is -1.48. The average molecular weight is 503 g/mol. The summed E-state index contributed by atoms with van der Waals surface area (Å²) in [4.78, 5) is 26.7. The highest BCUT2D eigenvalue weighted by molar-refractivity contribution is 6.66. The molecular weight excluding hydrogens is 473 g/mol. The van der Waals surface area contributed by atoms with Crippen LogP contribution in [0.3, 0.4) is 0 Å². The van der Waals surface area contributed by atoms with E-state index in [1.165, 1.54) is 0 Å². The molecule has 3 rings (SSSR count). The van der Waals surface area contributed by atoms with Gasteiger partial charge in [-0.25, -0.2) is 15.0 Å². The highest BCUT2D eigenvalue weighted by Gasteiger charge is 2.34. The number of ether oxygens (including phenoxy) is 1. The molecule has 1 fully saturated rings. The first-order valence-corrected chi connectivity index (χ1v) is 12.0. The standard InChI is InChI=1S/C21H30Cl3N7O/c1-6-7-10-32-15(4)18-25-9-8-17(28-18)31-13(2)11-30(12-14(31)3)20-27-16(5)26-19(29-20)21(22,23)24/h8-9,13-15H,6-7,10-12H2,1-5H3/t13-,14+,15-/m1/s1. The van der Waals surface area contributed by atoms with Gasteiger partial charge in [-0.05, 0) is 40.2 Å². The van der Waals surface area contributed by atoms with Crippen LogP contribution >= 0.6 is 34.8 Å². The van der Waals surface area contributed by atoms with Crippen LogP contribution in [0.25, 0.3) is 0 Å². The van der Waals surface area contributed by atoms with Crippen LogP contribution in [0.15, 0.2) is 12.3 Å². The van der Waals surface area contributed by atoms with Gasteiger partial charge >= 0.3 is 0 Å². The van der Waals surface area contributed by atoms with E-state index in [-0.39, 0.29) is 24.0 Å². The molecule has 0 radical (unpaired) electrons. The molecule has 0 aliphatic carbocycles. The van der Waals surface area contributed by atoms with E-state index >= 15 is 0 Å². The van der Waals surface area contributed by atoms with Gasteiger partial charge in [-0.3, -0.25) is 0 Å². The maximum atomic E-state index is 6.01. The monoisotopic (exact) mass is 501 g/mol. The molecule has 2 aromatic rings. The van der Waals surface area contributed by atoms with Crippen molar-refractivity contribution in [2.24, 2.45) is 0 Å². The molecule has 176 valence electrons. The molecule has 3 heterocycles. The third-order valence-corrected chi connectivity index (χ3v) is 5.85. The Morgan fingerprint density at radius 2 is 1.81 bits per heavy atom. The van der Waals surface area contributed by atoms with Crippen molar-refractivity contribution in [3.8, 4) is 0 Å². The lowest BCUT2D eigenvalue weighted by molar-refractivity contribution is 0.0578. The Morgan fingerprint density at radius 1 is 1.12 bits per heavy atom. The summed E-state index contributed by atoms with van der Waals surface area (Å²) in [6.45, 7) is 12.3. The van der Waals surface area contributed by atoms with Gasteiger partial charge in [0.1, 0.15) is 17.7 Å². The minimum absolute atomic E-state index is 0.130. The molecule has 1 saturated heterocycles. The van der Waals surface area contributed by atoms with Crippen molar-refractivity contribution in [1.82, 2.24) is 24.9 Å². The quantitative estimate of drug-likeness (QED) is 0.395. The second-order valence-corrected chi connectivity index (χ2v) is 10.4. The Labute approximate surface area is 204 Å². The van der Waals surface area contributed by atoms with Gasteiger partial charge in [0.25, 0.3) is 0 Å². The summed E-state index contributed by atoms with van der Waals surface area (Å²) < 4.78 is 4.18. The van der Waals surface area contributed by atoms with E-state index in [9.17, 15) is 0 Å². The average Bonchev–Trinajstić information content (AvgIpc) is 2.72. The minimum atomic E-state index is -1.70. The Morgan fingerprint density at radius 3 is 2.44 bits per heavy atom. The highest BCUT2D eigenvalue weighted by atomic mass is 35.6. The van der Waals surface area contributed by atoms with Crippen LogP contribution < -0.4 is 9.80 Å². The minimum Gasteiger partial charge on any atom is -0.371 e. The Kier molecular flexibility index (Phi) is 8.36. The van der Waals surface area contributed by atoms with E-state index in [1.54, 1.807) is 13.1 Å². The van der Waals surface area contributed by atoms with Crippen molar-refractivity contribution in [2.75, 3.05) is 29.5 Å². The maximum absolute atomic E-state index is 6.01. The molecule has 32 heavy (non-hydrogen) atoms. The number of nitrogens with zero attached hydrogens (tertiary/aromatic N) is 7. The van der Waals surface area contributed by atoms with E-state index in [0.717, 1.165) is 18.7 Å². The molecule has 0 aromatic carbocycles. The van der Waals surface area contributed by atoms with Crippen molar-refractivity contribution < 1.29 is 4.74 Å². The normalized spacial score (nSPS) is 20.5. The summed E-state index contributed by atoms with van der Waals surface area (Å²) in [6.07, 6.45) is 3.76. The molecule has 0 spiro atoms. The number of hydrogen-bond acceptors (Lipinski definition) is 8. The van der Waals surface area contributed by atoms with Crippen molar-refractivity contribution >= 4 is 46.6 Å². The molecule has 0 amide bonds. The number of alkyl halides is 3. The highest BCUT2D eigenvalue weighted by Crippen LogP contribution is 2.36. The molecule has 1 aliphatic heterocycles. The summed E-state index contributed by atoms with van der Waals surface area (Å²) in [6, 6.07) is 2.23. The summed E-state index contributed by atoms with van der Waals surface area (Å²) in [7, 11) is 0. The lowest BCUT2D eigenvalue weighted by Gasteiger charge is -2.45. The van der Waals surface area contributed by atoms with Crippen molar-refractivity contribution in [3.05, 3.63) is 29.7 Å². The number of rotatable bonds is 7. The predicted molar refractivity (Wildman–Crippen MR) is 129 cm³/mol. The number of aromatic nitrogens is 5. The van der Waals surface area contributed by atoms with Gasteiger partial charge < -0.3 is 14.5 Å². The summed E-state index contributed by atoms with van der Waals surface area (Å²) in [5.41, 5.74) is 0.